The molecule has 7 aromatic rings. The molecule has 3 heterocycles. The molecule has 0 radical (unpaired) electrons. The summed E-state index contributed by atoms with van der Waals surface area (Å²) in [6.07, 6.45) is 0. The number of benzene rings is 4. The second-order valence-electron chi connectivity index (χ2n) is 9.42. The Morgan fingerprint density at radius 2 is 0.667 bits per heavy atom. The van der Waals surface area contributed by atoms with E-state index in [-0.39, 0.29) is 0 Å². The van der Waals surface area contributed by atoms with E-state index in [0.29, 0.717) is 0 Å². The number of hydrogen-bond acceptors (Lipinski definition) is 3. The highest BCUT2D eigenvalue weighted by Crippen LogP contribution is 2.42. The zero-order valence-electron chi connectivity index (χ0n) is 21.1. The van der Waals surface area contributed by atoms with Crippen molar-refractivity contribution >= 4 is 34.0 Å². The second kappa shape index (κ2) is 10.6. The van der Waals surface area contributed by atoms with Gasteiger partial charge in [0, 0.05) is 24.4 Å². The zero-order chi connectivity index (χ0) is 26.0. The first-order valence-corrected chi connectivity index (χ1v) is 15.4. The van der Waals surface area contributed by atoms with Gasteiger partial charge in [-0.3, -0.25) is 0 Å². The van der Waals surface area contributed by atoms with Crippen LogP contribution in [0.25, 0.3) is 63.3 Å². The van der Waals surface area contributed by atoms with Gasteiger partial charge in [-0.15, -0.1) is 34.0 Å². The van der Waals surface area contributed by atoms with Crippen molar-refractivity contribution in [2.24, 2.45) is 0 Å². The van der Waals surface area contributed by atoms with E-state index in [0.717, 1.165) is 0 Å². The third kappa shape index (κ3) is 5.05. The maximum Gasteiger partial charge on any atom is 0.0349 e. The van der Waals surface area contributed by atoms with Gasteiger partial charge in [-0.25, -0.2) is 0 Å². The molecule has 0 N–H and O–H groups in total. The van der Waals surface area contributed by atoms with Crippen LogP contribution in [-0.2, 0) is 0 Å². The maximum absolute atomic E-state index is 2.36. The standard InChI is InChI=1S/C36H24S3/c1-4-10-25(11-5-1)31-23-36(37-24-31)30-21-28(34-18-16-32(38-34)26-12-6-2-7-13-26)20-29(22-30)35-19-17-33(39-35)27-14-8-3-9-15-27/h1-24H. The normalized spacial score (nSPS) is 11.1. The van der Waals surface area contributed by atoms with Crippen molar-refractivity contribution in [3.63, 3.8) is 0 Å². The molecule has 0 spiro atoms. The Bertz CT molecular complexity index is 1610. The van der Waals surface area contributed by atoms with E-state index < -0.39 is 0 Å². The Morgan fingerprint density at radius 1 is 0.282 bits per heavy atom. The summed E-state index contributed by atoms with van der Waals surface area (Å²) < 4.78 is 0. The van der Waals surface area contributed by atoms with Crippen LogP contribution in [0.15, 0.2) is 145 Å². The summed E-state index contributed by atoms with van der Waals surface area (Å²) in [5.74, 6) is 0. The van der Waals surface area contributed by atoms with Gasteiger partial charge in [-0.1, -0.05) is 91.0 Å². The van der Waals surface area contributed by atoms with Crippen molar-refractivity contribution < 1.29 is 0 Å². The monoisotopic (exact) mass is 552 g/mol. The molecule has 0 aliphatic rings. The van der Waals surface area contributed by atoms with E-state index in [1.54, 1.807) is 0 Å². The Morgan fingerprint density at radius 3 is 1.13 bits per heavy atom. The third-order valence-corrected chi connectivity index (χ3v) is 10.2. The van der Waals surface area contributed by atoms with Crippen molar-refractivity contribution in [3.8, 4) is 63.3 Å². The van der Waals surface area contributed by atoms with E-state index in [9.17, 15) is 0 Å². The van der Waals surface area contributed by atoms with Crippen LogP contribution in [0.2, 0.25) is 0 Å². The van der Waals surface area contributed by atoms with Crippen LogP contribution < -0.4 is 0 Å². The molecule has 0 aliphatic carbocycles. The minimum atomic E-state index is 1.26. The van der Waals surface area contributed by atoms with Gasteiger partial charge >= 0.3 is 0 Å². The Kier molecular flexibility index (Phi) is 6.55. The van der Waals surface area contributed by atoms with Gasteiger partial charge in [0.1, 0.15) is 0 Å². The lowest BCUT2D eigenvalue weighted by atomic mass is 10.0. The fourth-order valence-electron chi connectivity index (χ4n) is 4.83. The SMILES string of the molecule is c1ccc(-c2csc(-c3cc(-c4ccc(-c5ccccc5)s4)cc(-c4ccc(-c5ccccc5)s4)c3)c2)cc1. The van der Waals surface area contributed by atoms with Gasteiger partial charge in [0.2, 0.25) is 0 Å². The molecule has 0 saturated carbocycles. The lowest BCUT2D eigenvalue weighted by Gasteiger charge is -2.08. The molecule has 3 heteroatoms. The van der Waals surface area contributed by atoms with E-state index in [2.05, 4.69) is 145 Å². The fourth-order valence-corrected chi connectivity index (χ4v) is 7.73. The van der Waals surface area contributed by atoms with Crippen molar-refractivity contribution in [1.82, 2.24) is 0 Å². The smallest absolute Gasteiger partial charge is 0.0349 e. The Balaban J connectivity index is 1.33. The van der Waals surface area contributed by atoms with Crippen molar-refractivity contribution in [2.45, 2.75) is 0 Å². The summed E-state index contributed by atoms with van der Waals surface area (Å²) in [6, 6.07) is 50.4. The lowest BCUT2D eigenvalue weighted by Crippen LogP contribution is -1.81. The second-order valence-corrected chi connectivity index (χ2v) is 12.5. The van der Waals surface area contributed by atoms with Crippen LogP contribution in [-0.4, -0.2) is 0 Å². The topological polar surface area (TPSA) is 0 Å². The maximum atomic E-state index is 2.36. The predicted octanol–water partition coefficient (Wildman–Crippen LogP) is 11.9. The average Bonchev–Trinajstić information content (AvgIpc) is 3.80. The molecule has 186 valence electrons. The molecular formula is C36H24S3. The molecule has 7 rings (SSSR count). The van der Waals surface area contributed by atoms with Crippen molar-refractivity contribution in [2.75, 3.05) is 0 Å². The Hall–Kier alpha value is -4.02. The molecule has 0 nitrogen and oxygen atoms in total. The zero-order valence-corrected chi connectivity index (χ0v) is 23.5. The largest absolute Gasteiger partial charge is 0.143 e. The summed E-state index contributed by atoms with van der Waals surface area (Å²) >= 11 is 5.53. The van der Waals surface area contributed by atoms with Gasteiger partial charge in [0.05, 0.1) is 0 Å². The molecule has 0 aliphatic heterocycles. The first kappa shape index (κ1) is 24.1. The molecule has 0 unspecified atom stereocenters. The van der Waals surface area contributed by atoms with Crippen LogP contribution in [0.5, 0.6) is 0 Å². The minimum Gasteiger partial charge on any atom is -0.143 e. The van der Waals surface area contributed by atoms with Crippen LogP contribution in [0, 0.1) is 0 Å². The Labute approximate surface area is 241 Å². The molecule has 3 aromatic heterocycles. The molecule has 0 bridgehead atoms. The molecule has 0 saturated heterocycles. The van der Waals surface area contributed by atoms with E-state index in [1.807, 2.05) is 34.0 Å². The third-order valence-electron chi connectivity index (χ3n) is 6.82. The first-order valence-electron chi connectivity index (χ1n) is 12.9. The minimum absolute atomic E-state index is 1.26. The van der Waals surface area contributed by atoms with Crippen LogP contribution in [0.3, 0.4) is 0 Å². The average molecular weight is 553 g/mol. The summed E-state index contributed by atoms with van der Waals surface area (Å²) in [5.41, 5.74) is 8.85. The first-order chi connectivity index (χ1) is 19.3. The van der Waals surface area contributed by atoms with Crippen LogP contribution >= 0.6 is 34.0 Å². The van der Waals surface area contributed by atoms with Gasteiger partial charge in [0.15, 0.2) is 0 Å². The highest BCUT2D eigenvalue weighted by atomic mass is 32.1. The van der Waals surface area contributed by atoms with Gasteiger partial charge in [0.25, 0.3) is 0 Å². The van der Waals surface area contributed by atoms with E-state index >= 15 is 0 Å². The van der Waals surface area contributed by atoms with Gasteiger partial charge < -0.3 is 0 Å². The summed E-state index contributed by atoms with van der Waals surface area (Å²) in [6.45, 7) is 0. The molecule has 4 aromatic carbocycles. The summed E-state index contributed by atoms with van der Waals surface area (Å²) in [5, 5.41) is 2.27. The summed E-state index contributed by atoms with van der Waals surface area (Å²) in [7, 11) is 0. The fraction of sp³-hybridized carbons (Fsp3) is 0. The van der Waals surface area contributed by atoms with Crippen molar-refractivity contribution in [1.29, 1.82) is 0 Å². The van der Waals surface area contributed by atoms with E-state index in [1.165, 1.54) is 63.3 Å². The van der Waals surface area contributed by atoms with Gasteiger partial charge in [-0.2, -0.15) is 0 Å². The predicted molar refractivity (Wildman–Crippen MR) is 173 cm³/mol. The highest BCUT2D eigenvalue weighted by molar-refractivity contribution is 7.19. The molecular weight excluding hydrogens is 529 g/mol. The highest BCUT2D eigenvalue weighted by Gasteiger charge is 2.13. The number of thiophene rings is 3. The number of hydrogen-bond donors (Lipinski definition) is 0. The lowest BCUT2D eigenvalue weighted by molar-refractivity contribution is 1.66. The molecule has 39 heavy (non-hydrogen) atoms. The van der Waals surface area contributed by atoms with Crippen LogP contribution in [0.1, 0.15) is 0 Å². The van der Waals surface area contributed by atoms with Crippen LogP contribution in [0.4, 0.5) is 0 Å². The molecule has 0 amide bonds. The summed E-state index contributed by atoms with van der Waals surface area (Å²) in [4.78, 5) is 6.45. The quantitative estimate of drug-likeness (QED) is 0.192. The molecule has 0 atom stereocenters. The number of rotatable bonds is 6. The van der Waals surface area contributed by atoms with Gasteiger partial charge in [-0.05, 0) is 92.9 Å². The van der Waals surface area contributed by atoms with E-state index in [4.69, 9.17) is 0 Å². The molecule has 0 fully saturated rings. The van der Waals surface area contributed by atoms with Crippen molar-refractivity contribution in [3.05, 3.63) is 145 Å².